The number of nitrogens with zero attached hydrogens (tertiary/aromatic N) is 8. The quantitative estimate of drug-likeness (QED) is 0.0264. The predicted molar refractivity (Wildman–Crippen MR) is 230 cm³/mol. The molecule has 1 amide bonds. The maximum absolute atomic E-state index is 13.4. The van der Waals surface area contributed by atoms with E-state index >= 15 is 0 Å². The monoisotopic (exact) mass is 1020 g/mol. The number of hydrogen-bond donors (Lipinski definition) is 8. The first kappa shape index (κ1) is 50.5. The number of phenols is 1. The number of carbonyl (C=O) groups excluding carboxylic acids is 1. The van der Waals surface area contributed by atoms with Gasteiger partial charge in [0.05, 0.1) is 30.0 Å². The topological polar surface area (TPSA) is 439 Å². The summed E-state index contributed by atoms with van der Waals surface area (Å²) in [7, 11) is -14.5. The highest BCUT2D eigenvalue weighted by Crippen LogP contribution is 2.47. The summed E-state index contributed by atoms with van der Waals surface area (Å²) in [5.74, 6) is -4.62. The van der Waals surface area contributed by atoms with Gasteiger partial charge in [-0.05, 0) is 66.2 Å². The fourth-order valence-corrected chi connectivity index (χ4v) is 8.07. The molecule has 0 bridgehead atoms. The first-order valence-corrected chi connectivity index (χ1v) is 22.9. The molecule has 0 saturated heterocycles. The van der Waals surface area contributed by atoms with Gasteiger partial charge in [-0.3, -0.25) is 18.5 Å². The molecule has 0 spiro atoms. The number of aliphatic hydroxyl groups is 3. The number of aromatic hydroxyl groups is 1. The summed E-state index contributed by atoms with van der Waals surface area (Å²) in [6.07, 6.45) is -1.05. The molecule has 5 aromatic rings. The van der Waals surface area contributed by atoms with E-state index < -0.39 is 122 Å². The molecule has 28 nitrogen and oxygen atoms in total. The lowest BCUT2D eigenvalue weighted by atomic mass is 10.1. The average Bonchev–Trinajstić information content (AvgIpc) is 3.62. The minimum atomic E-state index is -5.56. The van der Waals surface area contributed by atoms with E-state index in [4.69, 9.17) is 14.2 Å². The summed E-state index contributed by atoms with van der Waals surface area (Å²) >= 11 is 0. The summed E-state index contributed by atoms with van der Waals surface area (Å²) in [6.45, 7) is -0.993. The van der Waals surface area contributed by atoms with Crippen LogP contribution >= 0.6 is 0 Å². The number of hydrogen-bond acceptors (Lipinski definition) is 23. The van der Waals surface area contributed by atoms with Crippen molar-refractivity contribution in [2.24, 2.45) is 35.8 Å². The maximum Gasteiger partial charge on any atom is 0.355 e. The van der Waals surface area contributed by atoms with E-state index in [0.717, 1.165) is 54.8 Å². The molecule has 2 atom stereocenters. The number of carboxylic acids is 1. The first-order valence-electron chi connectivity index (χ1n) is 18.6. The van der Waals surface area contributed by atoms with Gasteiger partial charge in [-0.1, -0.05) is 0 Å². The predicted octanol–water partition coefficient (Wildman–Crippen LogP) is 4.19. The maximum atomic E-state index is 13.4. The lowest BCUT2D eigenvalue weighted by Gasteiger charge is -2.17. The van der Waals surface area contributed by atoms with Gasteiger partial charge >= 0.3 is 5.97 Å². The fraction of sp³-hybridized carbons (Fsp3) is 0.132. The van der Waals surface area contributed by atoms with Crippen molar-refractivity contribution in [1.29, 1.82) is 0 Å². The molecule has 69 heavy (non-hydrogen) atoms. The van der Waals surface area contributed by atoms with E-state index in [2.05, 4.69) is 35.8 Å². The van der Waals surface area contributed by atoms with Gasteiger partial charge in [0, 0.05) is 29.2 Å². The zero-order valence-electron chi connectivity index (χ0n) is 34.4. The Hall–Kier alpha value is -7.88. The second kappa shape index (κ2) is 20.1. The standard InChI is InChI=1S/C38H31N8O20S3/c1-64-19-4-8-24(23(14-19)37(51)52)39-41-26-16-29(66-13-11-48)27(17-28(26)65-12-10-47)42-43-31-30(68(58,59)60)15-22-21(34(31)49)7-9-25(35(22)69(61,62)63)40-44-32-33(38(53)54)45-46(36(32)50)18-2-5-20(6-3-18)67(55,56)57/h2-10,12,14-17,32,37,47-49,51H,11,13H2,1H3,(H,53,54)(H,55,56,57)(H,58,59,60)(H,61,62,63)/q-1/b12-10+,41-39?,43-42?,44-40?. The van der Waals surface area contributed by atoms with Gasteiger partial charge in [0.25, 0.3) is 36.3 Å². The minimum Gasteiger partial charge on any atom is -0.828 e. The minimum absolute atomic E-state index is 0.121. The van der Waals surface area contributed by atoms with Gasteiger partial charge in [0.1, 0.15) is 63.2 Å². The molecular weight excluding hydrogens is 985 g/mol. The molecule has 1 heterocycles. The van der Waals surface area contributed by atoms with Crippen molar-refractivity contribution in [3.63, 3.8) is 0 Å². The van der Waals surface area contributed by atoms with Crippen molar-refractivity contribution in [2.75, 3.05) is 25.3 Å². The molecule has 2 unspecified atom stereocenters. The number of ether oxygens (including phenoxy) is 3. The van der Waals surface area contributed by atoms with E-state index in [1.165, 1.54) is 25.3 Å². The third kappa shape index (κ3) is 11.1. The number of fused-ring (bicyclic) bond motifs is 1. The third-order valence-electron chi connectivity index (χ3n) is 9.16. The molecule has 1 aliphatic rings. The molecule has 6 rings (SSSR count). The molecule has 31 heteroatoms. The van der Waals surface area contributed by atoms with Gasteiger partial charge < -0.3 is 44.8 Å². The Morgan fingerprint density at radius 1 is 0.826 bits per heavy atom. The Balaban J connectivity index is 1.45. The van der Waals surface area contributed by atoms with Crippen molar-refractivity contribution in [1.82, 2.24) is 0 Å². The normalized spacial score (nSPS) is 15.2. The summed E-state index contributed by atoms with van der Waals surface area (Å²) in [4.78, 5) is 22.2. The number of amides is 1. The number of carbonyl (C=O) groups is 2. The van der Waals surface area contributed by atoms with Crippen LogP contribution in [0.2, 0.25) is 0 Å². The second-order valence-corrected chi connectivity index (χ2v) is 17.7. The highest BCUT2D eigenvalue weighted by Gasteiger charge is 2.41. The number of anilines is 1. The average molecular weight is 1020 g/mol. The van der Waals surface area contributed by atoms with Crippen LogP contribution in [0.25, 0.3) is 10.8 Å². The third-order valence-corrected chi connectivity index (χ3v) is 11.8. The highest BCUT2D eigenvalue weighted by atomic mass is 32.2. The number of benzene rings is 5. The van der Waals surface area contributed by atoms with E-state index in [1.54, 1.807) is 0 Å². The van der Waals surface area contributed by atoms with Crippen LogP contribution in [0.1, 0.15) is 11.9 Å². The summed E-state index contributed by atoms with van der Waals surface area (Å²) in [6, 6.07) is 9.73. The summed E-state index contributed by atoms with van der Waals surface area (Å²) in [5.41, 5.74) is -4.09. The molecule has 362 valence electrons. The number of carboxylic acid groups (broad SMARTS) is 1. The number of methoxy groups -OCH3 is 1. The van der Waals surface area contributed by atoms with Crippen LogP contribution in [-0.4, -0.2) is 108 Å². The molecule has 0 saturated carbocycles. The largest absolute Gasteiger partial charge is 0.828 e. The first-order chi connectivity index (χ1) is 32.5. The van der Waals surface area contributed by atoms with Crippen molar-refractivity contribution in [3.05, 3.63) is 90.9 Å². The van der Waals surface area contributed by atoms with Crippen LogP contribution in [0.5, 0.6) is 23.0 Å². The van der Waals surface area contributed by atoms with Crippen LogP contribution < -0.4 is 24.3 Å². The van der Waals surface area contributed by atoms with Crippen molar-refractivity contribution >= 4 is 92.8 Å². The number of hydrazone groups is 1. The number of phenolic OH excluding ortho intramolecular Hbond substituents is 1. The van der Waals surface area contributed by atoms with Gasteiger partial charge in [0.2, 0.25) is 6.04 Å². The van der Waals surface area contributed by atoms with Crippen molar-refractivity contribution in [3.8, 4) is 23.0 Å². The number of aliphatic hydroxyl groups excluding tert-OH is 3. The summed E-state index contributed by atoms with van der Waals surface area (Å²) < 4.78 is 120. The molecule has 1 aliphatic heterocycles. The number of rotatable bonds is 18. The van der Waals surface area contributed by atoms with Gasteiger partial charge in [-0.15, -0.1) is 15.3 Å². The van der Waals surface area contributed by atoms with Crippen LogP contribution in [0.3, 0.4) is 0 Å². The molecule has 0 aromatic heterocycles. The van der Waals surface area contributed by atoms with Crippen LogP contribution in [0.4, 0.5) is 34.1 Å². The van der Waals surface area contributed by atoms with E-state index in [9.17, 15) is 79.1 Å². The highest BCUT2D eigenvalue weighted by molar-refractivity contribution is 7.86. The van der Waals surface area contributed by atoms with Gasteiger partial charge in [-0.25, -0.2) is 4.79 Å². The zero-order valence-corrected chi connectivity index (χ0v) is 36.9. The Morgan fingerprint density at radius 3 is 2.06 bits per heavy atom. The molecular formula is C38H31N8O20S3-. The zero-order chi connectivity index (χ0) is 50.6. The second-order valence-electron chi connectivity index (χ2n) is 13.5. The smallest absolute Gasteiger partial charge is 0.355 e. The molecule has 0 aliphatic carbocycles. The van der Waals surface area contributed by atoms with E-state index in [-0.39, 0.29) is 39.9 Å². The van der Waals surface area contributed by atoms with Crippen LogP contribution in [0.15, 0.2) is 136 Å². The van der Waals surface area contributed by atoms with Gasteiger partial charge in [-0.2, -0.15) is 50.7 Å². The number of aliphatic carboxylic acids is 1. The molecule has 0 radical (unpaired) electrons. The van der Waals surface area contributed by atoms with E-state index in [1.807, 2.05) is 0 Å². The van der Waals surface area contributed by atoms with E-state index in [0.29, 0.717) is 17.3 Å². The molecule has 8 N–H and O–H groups in total. The van der Waals surface area contributed by atoms with Gasteiger partial charge in [0.15, 0.2) is 17.2 Å². The van der Waals surface area contributed by atoms with Crippen molar-refractivity contribution < 1.29 is 93.4 Å². The SMILES string of the molecule is COc1ccc(N=Nc2cc(OCCO)c(N=Nc3c(S(=O)(=O)O)cc4c(S(=O)(=O)O)c(N=NC5C(=O)N(c6ccc(S(=O)(=O)O)cc6)N=C5C(=O)O)ccc4c3O)cc2O/C=C/O)c(C([O-])O)c1. The summed E-state index contributed by atoms with van der Waals surface area (Å²) in [5, 5.41) is 87.5. The lowest BCUT2D eigenvalue weighted by molar-refractivity contribution is -0.490. The fourth-order valence-electron chi connectivity index (χ4n) is 6.12. The van der Waals surface area contributed by atoms with Crippen LogP contribution in [-0.2, 0) is 39.9 Å². The number of azo groups is 3. The lowest BCUT2D eigenvalue weighted by Crippen LogP contribution is -2.33. The van der Waals surface area contributed by atoms with Crippen LogP contribution in [0, 0.1) is 0 Å². The Morgan fingerprint density at radius 2 is 1.46 bits per heavy atom. The Labute approximate surface area is 387 Å². The Bertz CT molecular complexity index is 3380. The Kier molecular flexibility index (Phi) is 14.8. The molecule has 0 fully saturated rings. The molecule has 5 aromatic carbocycles. The van der Waals surface area contributed by atoms with Crippen molar-refractivity contribution in [2.45, 2.75) is 27.0 Å².